The first-order valence-electron chi connectivity index (χ1n) is 8.53. The molecule has 1 aromatic carbocycles. The lowest BCUT2D eigenvalue weighted by molar-refractivity contribution is -0.145. The Bertz CT molecular complexity index is 706. The number of carbonyl (C=O) groups excluding carboxylic acids is 2. The summed E-state index contributed by atoms with van der Waals surface area (Å²) in [5.74, 6) is -1.44. The van der Waals surface area contributed by atoms with E-state index in [-0.39, 0.29) is 18.5 Å². The second-order valence-electron chi connectivity index (χ2n) is 7.48. The van der Waals surface area contributed by atoms with Gasteiger partial charge in [-0.15, -0.1) is 0 Å². The van der Waals surface area contributed by atoms with Crippen LogP contribution in [0.3, 0.4) is 0 Å². The number of alkyl carbamates (subject to hydrolysis) is 1. The number of esters is 1. The largest absolute Gasteiger partial charge is 0.480 e. The van der Waals surface area contributed by atoms with Gasteiger partial charge in [0.1, 0.15) is 17.7 Å². The summed E-state index contributed by atoms with van der Waals surface area (Å²) in [4.78, 5) is 34.4. The molecule has 0 aliphatic heterocycles. The Labute approximate surface area is 152 Å². The fraction of sp³-hybridized carbons (Fsp3) is 0.526. The molecule has 2 N–H and O–H groups in total. The third-order valence-corrected chi connectivity index (χ3v) is 3.93. The van der Waals surface area contributed by atoms with Crippen molar-refractivity contribution in [2.45, 2.75) is 64.7 Å². The van der Waals surface area contributed by atoms with E-state index in [1.54, 1.807) is 20.8 Å². The smallest absolute Gasteiger partial charge is 0.408 e. The van der Waals surface area contributed by atoms with Gasteiger partial charge < -0.3 is 19.9 Å². The zero-order chi connectivity index (χ0) is 19.5. The van der Waals surface area contributed by atoms with E-state index in [0.29, 0.717) is 12.8 Å². The van der Waals surface area contributed by atoms with Crippen molar-refractivity contribution in [2.75, 3.05) is 0 Å². The Morgan fingerprint density at radius 3 is 2.46 bits per heavy atom. The summed E-state index contributed by atoms with van der Waals surface area (Å²) in [5, 5.41) is 11.8. The lowest BCUT2D eigenvalue weighted by Crippen LogP contribution is -2.44. The quantitative estimate of drug-likeness (QED) is 0.778. The Balaban J connectivity index is 2.03. The van der Waals surface area contributed by atoms with Crippen molar-refractivity contribution in [3.8, 4) is 0 Å². The minimum absolute atomic E-state index is 0.139. The lowest BCUT2D eigenvalue weighted by Gasteiger charge is -2.22. The second kappa shape index (κ2) is 7.76. The highest BCUT2D eigenvalue weighted by Crippen LogP contribution is 2.26. The summed E-state index contributed by atoms with van der Waals surface area (Å²) in [5.41, 5.74) is 2.21. The molecule has 0 aromatic heterocycles. The molecule has 1 aromatic rings. The molecule has 0 saturated carbocycles. The summed E-state index contributed by atoms with van der Waals surface area (Å²) in [6.45, 7) is 6.52. The highest BCUT2D eigenvalue weighted by Gasteiger charge is 2.27. The van der Waals surface area contributed by atoms with E-state index < -0.39 is 23.7 Å². The van der Waals surface area contributed by atoms with Crippen LogP contribution in [-0.2, 0) is 38.3 Å². The number of carboxylic acid groups (broad SMARTS) is 1. The van der Waals surface area contributed by atoms with Crippen LogP contribution in [0.25, 0.3) is 0 Å². The highest BCUT2D eigenvalue weighted by atomic mass is 16.6. The van der Waals surface area contributed by atoms with Gasteiger partial charge in [0, 0.05) is 26.2 Å². The number of hydrogen-bond donors (Lipinski definition) is 2. The number of hydrogen-bond acceptors (Lipinski definition) is 5. The molecule has 0 saturated heterocycles. The molecular weight excluding hydrogens is 338 g/mol. The molecule has 7 nitrogen and oxygen atoms in total. The molecule has 1 aliphatic rings. The first-order chi connectivity index (χ1) is 12.0. The number of rotatable bonds is 5. The van der Waals surface area contributed by atoms with Gasteiger partial charge in [-0.1, -0.05) is 18.2 Å². The van der Waals surface area contributed by atoms with Gasteiger partial charge in [0.2, 0.25) is 0 Å². The number of nitrogens with one attached hydrogen (secondary N) is 1. The number of fused-ring (bicyclic) bond motifs is 1. The third-order valence-electron chi connectivity index (χ3n) is 3.93. The van der Waals surface area contributed by atoms with E-state index in [0.717, 1.165) is 16.7 Å². The van der Waals surface area contributed by atoms with Crippen LogP contribution in [0.5, 0.6) is 0 Å². The van der Waals surface area contributed by atoms with E-state index >= 15 is 0 Å². The minimum Gasteiger partial charge on any atom is -0.480 e. The number of amides is 1. The molecule has 2 atom stereocenters. The minimum atomic E-state index is -1.13. The lowest BCUT2D eigenvalue weighted by atomic mass is 10.0. The van der Waals surface area contributed by atoms with Gasteiger partial charge in [0.25, 0.3) is 0 Å². The van der Waals surface area contributed by atoms with Crippen LogP contribution in [0.2, 0.25) is 0 Å². The molecule has 0 spiro atoms. The van der Waals surface area contributed by atoms with Crippen molar-refractivity contribution in [3.05, 3.63) is 34.9 Å². The van der Waals surface area contributed by atoms with Crippen LogP contribution in [-0.4, -0.2) is 40.9 Å². The van der Waals surface area contributed by atoms with Crippen LogP contribution < -0.4 is 5.32 Å². The van der Waals surface area contributed by atoms with Crippen LogP contribution in [0.1, 0.15) is 44.4 Å². The first-order valence-corrected chi connectivity index (χ1v) is 8.53. The standard InChI is InChI=1S/C19H25NO6/c1-11(21)25-15-9-13-6-5-12(7-14(13)10-15)8-16(17(22)23)20-18(24)26-19(2,3)4/h5-7,15-16H,8-10H2,1-4H3,(H,20,24)(H,22,23)/t15?,16-/m0/s1. The zero-order valence-electron chi connectivity index (χ0n) is 15.5. The molecule has 7 heteroatoms. The van der Waals surface area contributed by atoms with E-state index in [2.05, 4.69) is 5.32 Å². The summed E-state index contributed by atoms with van der Waals surface area (Å²) in [6.07, 6.45) is 0.474. The number of ether oxygens (including phenoxy) is 2. The predicted molar refractivity (Wildman–Crippen MR) is 93.9 cm³/mol. The highest BCUT2D eigenvalue weighted by molar-refractivity contribution is 5.80. The Hall–Kier alpha value is -2.57. The van der Waals surface area contributed by atoms with Gasteiger partial charge in [-0.25, -0.2) is 9.59 Å². The van der Waals surface area contributed by atoms with Crippen molar-refractivity contribution in [2.24, 2.45) is 0 Å². The number of carboxylic acids is 1. The number of aliphatic carboxylic acids is 1. The van der Waals surface area contributed by atoms with Crippen molar-refractivity contribution in [3.63, 3.8) is 0 Å². The van der Waals surface area contributed by atoms with E-state index in [4.69, 9.17) is 9.47 Å². The fourth-order valence-corrected chi connectivity index (χ4v) is 2.96. The molecule has 0 radical (unpaired) electrons. The Kier molecular flexibility index (Phi) is 5.90. The zero-order valence-corrected chi connectivity index (χ0v) is 15.5. The molecule has 1 aliphatic carbocycles. The molecular formula is C19H25NO6. The van der Waals surface area contributed by atoms with Crippen molar-refractivity contribution in [1.82, 2.24) is 5.32 Å². The average Bonchev–Trinajstić information content (AvgIpc) is 2.84. The van der Waals surface area contributed by atoms with Crippen molar-refractivity contribution in [1.29, 1.82) is 0 Å². The topological polar surface area (TPSA) is 102 Å². The Morgan fingerprint density at radius 2 is 1.88 bits per heavy atom. The summed E-state index contributed by atoms with van der Waals surface area (Å²) < 4.78 is 10.4. The van der Waals surface area contributed by atoms with Crippen LogP contribution in [0, 0.1) is 0 Å². The molecule has 1 amide bonds. The van der Waals surface area contributed by atoms with Crippen molar-refractivity contribution < 1.29 is 29.0 Å². The van der Waals surface area contributed by atoms with E-state index in [1.165, 1.54) is 6.92 Å². The van der Waals surface area contributed by atoms with Gasteiger partial charge in [-0.3, -0.25) is 4.79 Å². The van der Waals surface area contributed by atoms with E-state index in [1.807, 2.05) is 18.2 Å². The second-order valence-corrected chi connectivity index (χ2v) is 7.48. The van der Waals surface area contributed by atoms with Crippen LogP contribution >= 0.6 is 0 Å². The molecule has 26 heavy (non-hydrogen) atoms. The van der Waals surface area contributed by atoms with Gasteiger partial charge in [-0.2, -0.15) is 0 Å². The monoisotopic (exact) mass is 363 g/mol. The molecule has 1 unspecified atom stereocenters. The number of benzene rings is 1. The maximum atomic E-state index is 11.9. The normalized spacial score (nSPS) is 17.2. The van der Waals surface area contributed by atoms with Gasteiger partial charge in [0.05, 0.1) is 0 Å². The SMILES string of the molecule is CC(=O)OC1Cc2ccc(C[C@H](NC(=O)OC(C)(C)C)C(=O)O)cc2C1. The predicted octanol–water partition coefficient (Wildman–Crippen LogP) is 2.24. The number of carbonyl (C=O) groups is 3. The summed E-state index contributed by atoms with van der Waals surface area (Å²) in [6, 6.07) is 4.57. The average molecular weight is 363 g/mol. The van der Waals surface area contributed by atoms with Gasteiger partial charge >= 0.3 is 18.0 Å². The van der Waals surface area contributed by atoms with Gasteiger partial charge in [-0.05, 0) is 37.5 Å². The molecule has 0 bridgehead atoms. The molecule has 2 rings (SSSR count). The third kappa shape index (κ3) is 5.75. The van der Waals surface area contributed by atoms with E-state index in [9.17, 15) is 19.5 Å². The first kappa shape index (κ1) is 19.8. The summed E-state index contributed by atoms with van der Waals surface area (Å²) >= 11 is 0. The summed E-state index contributed by atoms with van der Waals surface area (Å²) in [7, 11) is 0. The van der Waals surface area contributed by atoms with Crippen molar-refractivity contribution >= 4 is 18.0 Å². The maximum absolute atomic E-state index is 11.9. The maximum Gasteiger partial charge on any atom is 0.408 e. The molecule has 142 valence electrons. The van der Waals surface area contributed by atoms with Gasteiger partial charge in [0.15, 0.2) is 0 Å². The molecule has 0 fully saturated rings. The Morgan fingerprint density at radius 1 is 1.23 bits per heavy atom. The van der Waals surface area contributed by atoms with Crippen LogP contribution in [0.15, 0.2) is 18.2 Å². The fourth-order valence-electron chi connectivity index (χ4n) is 2.96. The molecule has 0 heterocycles. The van der Waals surface area contributed by atoms with Crippen LogP contribution in [0.4, 0.5) is 4.79 Å².